The van der Waals surface area contributed by atoms with E-state index in [1.165, 1.54) is 0 Å². The van der Waals surface area contributed by atoms with Crippen molar-refractivity contribution in [3.63, 3.8) is 0 Å². The zero-order chi connectivity index (χ0) is 20.9. The molecule has 6 nitrogen and oxygen atoms in total. The maximum absolute atomic E-state index is 13.1. The second-order valence-corrected chi connectivity index (χ2v) is 8.48. The van der Waals surface area contributed by atoms with Crippen molar-refractivity contribution in [3.8, 4) is 11.1 Å². The molecule has 1 aliphatic heterocycles. The highest BCUT2D eigenvalue weighted by Gasteiger charge is 2.55. The molecule has 1 saturated carbocycles. The van der Waals surface area contributed by atoms with Crippen molar-refractivity contribution < 1.29 is 19.1 Å². The summed E-state index contributed by atoms with van der Waals surface area (Å²) in [7, 11) is 0. The number of amides is 3. The summed E-state index contributed by atoms with van der Waals surface area (Å²) in [5.41, 5.74) is 3.04. The lowest BCUT2D eigenvalue weighted by Gasteiger charge is -2.36. The molecule has 2 aromatic rings. The zero-order valence-electron chi connectivity index (χ0n) is 16.9. The fourth-order valence-corrected chi connectivity index (χ4v) is 5.17. The molecule has 1 saturated heterocycles. The number of hydrogen-bond acceptors (Lipinski definition) is 4. The molecule has 2 aliphatic carbocycles. The van der Waals surface area contributed by atoms with Crippen LogP contribution in [0.25, 0.3) is 11.1 Å². The van der Waals surface area contributed by atoms with Crippen LogP contribution < -0.4 is 5.32 Å². The normalized spacial score (nSPS) is 25.2. The third-order valence-corrected chi connectivity index (χ3v) is 6.81. The van der Waals surface area contributed by atoms with Gasteiger partial charge in [0.25, 0.3) is 5.91 Å². The van der Waals surface area contributed by atoms with Gasteiger partial charge in [0, 0.05) is 11.1 Å². The van der Waals surface area contributed by atoms with Gasteiger partial charge in [0.2, 0.25) is 0 Å². The van der Waals surface area contributed by atoms with Gasteiger partial charge in [0.05, 0.1) is 0 Å². The number of hydrogen-bond donors (Lipinski definition) is 1. The van der Waals surface area contributed by atoms with E-state index in [2.05, 4.69) is 5.32 Å². The topological polar surface area (TPSA) is 75.7 Å². The van der Waals surface area contributed by atoms with Gasteiger partial charge >= 0.3 is 12.0 Å². The van der Waals surface area contributed by atoms with Crippen LogP contribution in [0.5, 0.6) is 0 Å². The van der Waals surface area contributed by atoms with Crippen LogP contribution in [0, 0.1) is 5.92 Å². The molecule has 2 fully saturated rings. The van der Waals surface area contributed by atoms with Crippen molar-refractivity contribution in [2.75, 3.05) is 6.54 Å². The molecule has 30 heavy (non-hydrogen) atoms. The van der Waals surface area contributed by atoms with Gasteiger partial charge < -0.3 is 10.1 Å². The molecule has 5 rings (SSSR count). The van der Waals surface area contributed by atoms with Crippen molar-refractivity contribution >= 4 is 17.9 Å². The maximum atomic E-state index is 13.1. The lowest BCUT2D eigenvalue weighted by molar-refractivity contribution is -0.151. The van der Waals surface area contributed by atoms with Gasteiger partial charge in [-0.25, -0.2) is 4.79 Å². The Morgan fingerprint density at radius 2 is 1.70 bits per heavy atom. The van der Waals surface area contributed by atoms with Gasteiger partial charge in [0.1, 0.15) is 12.1 Å². The molecule has 1 spiro atoms. The predicted octanol–water partition coefficient (Wildman–Crippen LogP) is 3.80. The van der Waals surface area contributed by atoms with Crippen molar-refractivity contribution in [3.05, 3.63) is 59.7 Å². The fourth-order valence-electron chi connectivity index (χ4n) is 5.17. The fraction of sp³-hybridized carbons (Fsp3) is 0.375. The van der Waals surface area contributed by atoms with Crippen molar-refractivity contribution in [2.45, 2.75) is 44.2 Å². The number of ether oxygens (including phenoxy) is 1. The minimum atomic E-state index is -0.873. The van der Waals surface area contributed by atoms with Crippen molar-refractivity contribution in [1.82, 2.24) is 10.2 Å². The second-order valence-electron chi connectivity index (χ2n) is 8.48. The summed E-state index contributed by atoms with van der Waals surface area (Å²) in [6.45, 7) is 1.62. The zero-order valence-corrected chi connectivity index (χ0v) is 16.9. The smallest absolute Gasteiger partial charge is 0.327 e. The largest absolute Gasteiger partial charge is 0.451 e. The number of nitrogens with one attached hydrogen (secondary N) is 1. The molecule has 2 aromatic carbocycles. The molecule has 0 radical (unpaired) electrons. The first-order valence-corrected chi connectivity index (χ1v) is 10.5. The van der Waals surface area contributed by atoms with E-state index in [4.69, 9.17) is 4.74 Å². The quantitative estimate of drug-likeness (QED) is 0.624. The molecule has 6 heteroatoms. The highest BCUT2D eigenvalue weighted by molar-refractivity contribution is 6.09. The summed E-state index contributed by atoms with van der Waals surface area (Å²) >= 11 is 0. The van der Waals surface area contributed by atoms with E-state index in [1.807, 2.05) is 55.5 Å². The lowest BCUT2D eigenvalue weighted by atomic mass is 9.73. The van der Waals surface area contributed by atoms with E-state index in [1.54, 1.807) is 0 Å². The van der Waals surface area contributed by atoms with E-state index in [0.29, 0.717) is 6.42 Å². The van der Waals surface area contributed by atoms with E-state index in [0.717, 1.165) is 46.4 Å². The standard InChI is InChI=1S/C24H24N2O4/c1-15-8-6-7-13-24(15)22(28)26(23(29)25-24)14-20(27)30-21-18-11-4-2-9-16(18)17-10-3-5-12-19(17)21/h2-5,9-12,15,21H,6-8,13-14H2,1H3,(H,25,29)/t15-,24-/m1/s1. The van der Waals surface area contributed by atoms with Crippen LogP contribution in [0.1, 0.15) is 49.8 Å². The summed E-state index contributed by atoms with van der Waals surface area (Å²) in [4.78, 5) is 39.5. The number of imide groups is 1. The minimum Gasteiger partial charge on any atom is -0.451 e. The summed E-state index contributed by atoms with van der Waals surface area (Å²) in [6.07, 6.45) is 2.92. The Morgan fingerprint density at radius 3 is 2.33 bits per heavy atom. The van der Waals surface area contributed by atoms with E-state index >= 15 is 0 Å². The van der Waals surface area contributed by atoms with Crippen LogP contribution in [0.4, 0.5) is 4.79 Å². The summed E-state index contributed by atoms with van der Waals surface area (Å²) in [6, 6.07) is 15.1. The van der Waals surface area contributed by atoms with Crippen LogP contribution in [0.2, 0.25) is 0 Å². The van der Waals surface area contributed by atoms with Crippen LogP contribution in [0.15, 0.2) is 48.5 Å². The predicted molar refractivity (Wildman–Crippen MR) is 110 cm³/mol. The number of benzene rings is 2. The number of fused-ring (bicyclic) bond motifs is 3. The Morgan fingerprint density at radius 1 is 1.07 bits per heavy atom. The summed E-state index contributed by atoms with van der Waals surface area (Å²) in [5.74, 6) is -0.836. The highest BCUT2D eigenvalue weighted by atomic mass is 16.5. The van der Waals surface area contributed by atoms with Crippen molar-refractivity contribution in [1.29, 1.82) is 0 Å². The Balaban J connectivity index is 1.36. The number of urea groups is 1. The number of carbonyl (C=O) groups is 3. The number of rotatable bonds is 3. The molecule has 0 aromatic heterocycles. The third-order valence-electron chi connectivity index (χ3n) is 6.81. The molecule has 1 heterocycles. The average Bonchev–Trinajstić information content (AvgIpc) is 3.18. The SMILES string of the molecule is C[C@@H]1CCCC[C@@]12NC(=O)N(CC(=O)OC1c3ccccc3-c3ccccc31)C2=O. The number of esters is 1. The maximum Gasteiger partial charge on any atom is 0.327 e. The summed E-state index contributed by atoms with van der Waals surface area (Å²) < 4.78 is 5.81. The Labute approximate surface area is 175 Å². The molecule has 2 atom stereocenters. The Bertz CT molecular complexity index is 1000. The van der Waals surface area contributed by atoms with Crippen LogP contribution in [0.3, 0.4) is 0 Å². The monoisotopic (exact) mass is 404 g/mol. The Kier molecular flexibility index (Phi) is 4.38. The first-order valence-electron chi connectivity index (χ1n) is 10.5. The molecule has 0 unspecified atom stereocenters. The molecule has 3 amide bonds. The minimum absolute atomic E-state index is 0.0531. The lowest BCUT2D eigenvalue weighted by Crippen LogP contribution is -2.54. The van der Waals surface area contributed by atoms with Gasteiger partial charge in [-0.1, -0.05) is 68.3 Å². The molecule has 3 aliphatic rings. The van der Waals surface area contributed by atoms with E-state index in [9.17, 15) is 14.4 Å². The van der Waals surface area contributed by atoms with Crippen molar-refractivity contribution in [2.24, 2.45) is 5.92 Å². The van der Waals surface area contributed by atoms with Gasteiger partial charge in [-0.15, -0.1) is 0 Å². The van der Waals surface area contributed by atoms with Gasteiger partial charge in [0.15, 0.2) is 6.10 Å². The molecular weight excluding hydrogens is 380 g/mol. The summed E-state index contributed by atoms with van der Waals surface area (Å²) in [5, 5.41) is 2.88. The molecule has 1 N–H and O–H groups in total. The van der Waals surface area contributed by atoms with Crippen LogP contribution in [-0.2, 0) is 14.3 Å². The first kappa shape index (κ1) is 18.9. The molecule has 0 bridgehead atoms. The van der Waals surface area contributed by atoms with Gasteiger partial charge in [-0.2, -0.15) is 0 Å². The number of carbonyl (C=O) groups excluding carboxylic acids is 3. The third kappa shape index (κ3) is 2.74. The second kappa shape index (κ2) is 6.97. The number of nitrogens with zero attached hydrogens (tertiary/aromatic N) is 1. The average molecular weight is 404 g/mol. The molecular formula is C24H24N2O4. The van der Waals surface area contributed by atoms with Gasteiger partial charge in [-0.05, 0) is 29.9 Å². The highest BCUT2D eigenvalue weighted by Crippen LogP contribution is 2.45. The first-order chi connectivity index (χ1) is 14.5. The molecule has 154 valence electrons. The van der Waals surface area contributed by atoms with Crippen LogP contribution in [-0.4, -0.2) is 34.9 Å². The van der Waals surface area contributed by atoms with E-state index in [-0.39, 0.29) is 18.4 Å². The van der Waals surface area contributed by atoms with Gasteiger partial charge in [-0.3, -0.25) is 14.5 Å². The Hall–Kier alpha value is -3.15. The van der Waals surface area contributed by atoms with Crippen LogP contribution >= 0.6 is 0 Å². The van der Waals surface area contributed by atoms with E-state index < -0.39 is 23.6 Å².